The maximum Gasteiger partial charge on any atom is 0.407 e. The van der Waals surface area contributed by atoms with Crippen LogP contribution in [0.2, 0.25) is 0 Å². The number of phenolic OH excluding ortho intramolecular Hbond substituents is 1. The lowest BCUT2D eigenvalue weighted by atomic mass is 9.84. The smallest absolute Gasteiger partial charge is 0.407 e. The number of carbonyl (C=O) groups excluding carboxylic acids is 3. The van der Waals surface area contributed by atoms with Crippen molar-refractivity contribution in [3.63, 3.8) is 0 Å². The molecular formula is C27H42N2O6. The second-order valence-corrected chi connectivity index (χ2v) is 9.42. The molecule has 0 bridgehead atoms. The van der Waals surface area contributed by atoms with Crippen molar-refractivity contribution in [2.45, 2.75) is 73.6 Å². The van der Waals surface area contributed by atoms with Crippen molar-refractivity contribution < 1.29 is 29.0 Å². The maximum atomic E-state index is 11.5. The first kappa shape index (κ1) is 33.9. The highest BCUT2D eigenvalue weighted by Crippen LogP contribution is 2.19. The zero-order valence-electron chi connectivity index (χ0n) is 22.4. The standard InChI is InChI=1S/C13H21NO3.C12H17NO3.C2H4/c1-6-7-8-17-9-11(16)14-12(10(2)15)13(3,4)5;1-12(2,3)16-11(15)13-8-9-4-6-10(14)7-5-9;1-2/h12H,8-9H2,1-5H3,(H,14,16);4-7,14H,8H2,1-3H3,(H,13,15);1-2H2. The van der Waals surface area contributed by atoms with Crippen LogP contribution >= 0.6 is 0 Å². The molecule has 0 spiro atoms. The van der Waals surface area contributed by atoms with Crippen LogP contribution in [-0.2, 0) is 25.6 Å². The van der Waals surface area contributed by atoms with Gasteiger partial charge in [-0.05, 0) is 57.7 Å². The van der Waals surface area contributed by atoms with Gasteiger partial charge in [-0.25, -0.2) is 4.79 Å². The van der Waals surface area contributed by atoms with E-state index in [4.69, 9.17) is 14.6 Å². The van der Waals surface area contributed by atoms with E-state index in [1.165, 1.54) is 6.92 Å². The van der Waals surface area contributed by atoms with Gasteiger partial charge >= 0.3 is 6.09 Å². The normalized spacial score (nSPS) is 11.1. The van der Waals surface area contributed by atoms with E-state index in [9.17, 15) is 14.4 Å². The molecule has 2 amide bonds. The molecule has 0 aromatic heterocycles. The van der Waals surface area contributed by atoms with Crippen molar-refractivity contribution in [3.05, 3.63) is 43.0 Å². The average molecular weight is 491 g/mol. The third kappa shape index (κ3) is 18.8. The van der Waals surface area contributed by atoms with E-state index in [1.807, 2.05) is 41.5 Å². The van der Waals surface area contributed by atoms with Gasteiger partial charge in [-0.3, -0.25) is 9.59 Å². The number of Topliss-reactive ketones (excluding diaryl/α,β-unsaturated/α-hetero) is 1. The molecule has 0 radical (unpaired) electrons. The van der Waals surface area contributed by atoms with Gasteiger partial charge in [0.05, 0.1) is 6.04 Å². The molecule has 1 rings (SSSR count). The summed E-state index contributed by atoms with van der Waals surface area (Å²) in [4.78, 5) is 34.3. The molecule has 8 nitrogen and oxygen atoms in total. The van der Waals surface area contributed by atoms with Crippen molar-refractivity contribution >= 4 is 17.8 Å². The first-order valence-corrected chi connectivity index (χ1v) is 11.2. The summed E-state index contributed by atoms with van der Waals surface area (Å²) in [7, 11) is 0. The quantitative estimate of drug-likeness (QED) is 0.297. The SMILES string of the molecule is C=C.CC#CCOCC(=O)NC(C(C)=O)C(C)(C)C.CC(C)(C)OC(=O)NCc1ccc(O)cc1. The van der Waals surface area contributed by atoms with Crippen molar-refractivity contribution in [3.8, 4) is 17.6 Å². The van der Waals surface area contributed by atoms with Crippen LogP contribution in [0.3, 0.4) is 0 Å². The number of hydrogen-bond donors (Lipinski definition) is 3. The van der Waals surface area contributed by atoms with Gasteiger partial charge in [0.25, 0.3) is 0 Å². The van der Waals surface area contributed by atoms with E-state index in [0.717, 1.165) is 5.56 Å². The lowest BCUT2D eigenvalue weighted by molar-refractivity contribution is -0.131. The molecule has 0 aliphatic carbocycles. The number of carbonyl (C=O) groups is 3. The molecule has 1 unspecified atom stereocenters. The van der Waals surface area contributed by atoms with Crippen molar-refractivity contribution in [1.29, 1.82) is 0 Å². The second kappa shape index (κ2) is 17.2. The van der Waals surface area contributed by atoms with Gasteiger partial charge in [-0.15, -0.1) is 19.1 Å². The molecule has 0 saturated heterocycles. The number of amides is 2. The summed E-state index contributed by atoms with van der Waals surface area (Å²) in [5.41, 5.74) is 0.118. The summed E-state index contributed by atoms with van der Waals surface area (Å²) in [5.74, 6) is 5.21. The average Bonchev–Trinajstić information content (AvgIpc) is 2.74. The molecule has 0 saturated carbocycles. The summed E-state index contributed by atoms with van der Waals surface area (Å²) < 4.78 is 10.1. The van der Waals surface area contributed by atoms with Crippen LogP contribution in [-0.4, -0.2) is 47.7 Å². The predicted molar refractivity (Wildman–Crippen MR) is 139 cm³/mol. The summed E-state index contributed by atoms with van der Waals surface area (Å²) in [6.45, 7) is 20.9. The van der Waals surface area contributed by atoms with Gasteiger partial charge in [-0.1, -0.05) is 38.8 Å². The van der Waals surface area contributed by atoms with Crippen LogP contribution in [0.5, 0.6) is 5.75 Å². The number of nitrogens with one attached hydrogen (secondary N) is 2. The molecule has 1 aromatic carbocycles. The van der Waals surface area contributed by atoms with Gasteiger partial charge in [0.2, 0.25) is 5.91 Å². The maximum absolute atomic E-state index is 11.5. The van der Waals surface area contributed by atoms with Crippen LogP contribution < -0.4 is 10.6 Å². The summed E-state index contributed by atoms with van der Waals surface area (Å²) >= 11 is 0. The Bertz CT molecular complexity index is 840. The molecule has 1 aromatic rings. The van der Waals surface area contributed by atoms with E-state index in [2.05, 4.69) is 35.6 Å². The molecule has 8 heteroatoms. The van der Waals surface area contributed by atoms with Crippen LogP contribution in [0.1, 0.15) is 61.0 Å². The summed E-state index contributed by atoms with van der Waals surface area (Å²) in [5, 5.41) is 14.4. The zero-order chi connectivity index (χ0) is 27.7. The molecule has 0 aliphatic rings. The highest BCUT2D eigenvalue weighted by Gasteiger charge is 2.29. The van der Waals surface area contributed by atoms with Gasteiger partial charge in [0.15, 0.2) is 5.78 Å². The second-order valence-electron chi connectivity index (χ2n) is 9.42. The summed E-state index contributed by atoms with van der Waals surface area (Å²) in [6.07, 6.45) is -0.444. The number of hydrogen-bond acceptors (Lipinski definition) is 6. The molecule has 0 fully saturated rings. The number of ether oxygens (including phenoxy) is 2. The van der Waals surface area contributed by atoms with E-state index in [-0.39, 0.29) is 36.1 Å². The Morgan fingerprint density at radius 3 is 2.03 bits per heavy atom. The highest BCUT2D eigenvalue weighted by molar-refractivity contribution is 5.88. The Hall–Kier alpha value is -3.31. The Morgan fingerprint density at radius 2 is 1.60 bits per heavy atom. The molecular weight excluding hydrogens is 448 g/mol. The Kier molecular flexibility index (Phi) is 16.6. The topological polar surface area (TPSA) is 114 Å². The van der Waals surface area contributed by atoms with Gasteiger partial charge in [-0.2, -0.15) is 0 Å². The number of ketones is 1. The van der Waals surface area contributed by atoms with E-state index in [1.54, 1.807) is 31.2 Å². The number of rotatable bonds is 7. The Labute approximate surface area is 210 Å². The Morgan fingerprint density at radius 1 is 1.06 bits per heavy atom. The lowest BCUT2D eigenvalue weighted by Gasteiger charge is -2.29. The van der Waals surface area contributed by atoms with E-state index < -0.39 is 17.7 Å². The third-order valence-corrected chi connectivity index (χ3v) is 3.93. The monoisotopic (exact) mass is 490 g/mol. The van der Waals surface area contributed by atoms with Crippen LogP contribution in [0.4, 0.5) is 4.79 Å². The highest BCUT2D eigenvalue weighted by atomic mass is 16.6. The van der Waals surface area contributed by atoms with E-state index in [0.29, 0.717) is 6.54 Å². The van der Waals surface area contributed by atoms with Gasteiger partial charge < -0.3 is 25.2 Å². The molecule has 1 atom stereocenters. The molecule has 3 N–H and O–H groups in total. The molecule has 0 aliphatic heterocycles. The number of alkyl carbamates (subject to hydrolysis) is 1. The molecule has 35 heavy (non-hydrogen) atoms. The minimum absolute atomic E-state index is 0.0563. The largest absolute Gasteiger partial charge is 0.508 e. The third-order valence-electron chi connectivity index (χ3n) is 3.93. The van der Waals surface area contributed by atoms with Gasteiger partial charge in [0, 0.05) is 6.54 Å². The van der Waals surface area contributed by atoms with Gasteiger partial charge in [0.1, 0.15) is 24.6 Å². The predicted octanol–water partition coefficient (Wildman–Crippen LogP) is 4.37. The minimum atomic E-state index is -0.490. The van der Waals surface area contributed by atoms with Crippen molar-refractivity contribution in [2.75, 3.05) is 13.2 Å². The first-order chi connectivity index (χ1) is 16.2. The lowest BCUT2D eigenvalue weighted by Crippen LogP contribution is -2.49. The number of benzene rings is 1. The Balaban J connectivity index is 0. The fraction of sp³-hybridized carbons (Fsp3) is 0.519. The van der Waals surface area contributed by atoms with Crippen molar-refractivity contribution in [1.82, 2.24) is 10.6 Å². The zero-order valence-corrected chi connectivity index (χ0v) is 22.4. The fourth-order valence-electron chi connectivity index (χ4n) is 2.50. The number of aromatic hydroxyl groups is 1. The van der Waals surface area contributed by atoms with Crippen LogP contribution in [0.15, 0.2) is 37.4 Å². The minimum Gasteiger partial charge on any atom is -0.508 e. The van der Waals surface area contributed by atoms with E-state index >= 15 is 0 Å². The molecule has 0 heterocycles. The van der Waals surface area contributed by atoms with Crippen LogP contribution in [0.25, 0.3) is 0 Å². The van der Waals surface area contributed by atoms with Crippen LogP contribution in [0, 0.1) is 17.3 Å². The summed E-state index contributed by atoms with van der Waals surface area (Å²) in [6, 6.07) is 6.15. The van der Waals surface area contributed by atoms with Crippen molar-refractivity contribution in [2.24, 2.45) is 5.41 Å². The fourth-order valence-corrected chi connectivity index (χ4v) is 2.50. The number of phenols is 1. The molecule has 196 valence electrons. The first-order valence-electron chi connectivity index (χ1n) is 11.2.